The average Bonchev–Trinajstić information content (AvgIpc) is 2.44. The maximum Gasteiger partial charge on any atom is 0.437 e. The molecule has 1 fully saturated rings. The van der Waals surface area contributed by atoms with E-state index in [9.17, 15) is 36.6 Å². The number of hydrogen-bond acceptors (Lipinski definition) is 4. The van der Waals surface area contributed by atoms with E-state index in [0.29, 0.717) is 0 Å². The number of nitrogens with one attached hydrogen (secondary N) is 2. The first-order valence-corrected chi connectivity index (χ1v) is 6.89. The number of rotatable bonds is 4. The molecule has 1 aliphatic heterocycles. The van der Waals surface area contributed by atoms with E-state index in [1.807, 2.05) is 5.32 Å². The first kappa shape index (κ1) is 18.9. The van der Waals surface area contributed by atoms with Crippen molar-refractivity contribution >= 4 is 11.8 Å². The van der Waals surface area contributed by atoms with Crippen LogP contribution in [-0.2, 0) is 4.79 Å². The van der Waals surface area contributed by atoms with Gasteiger partial charge in [0.15, 0.2) is 0 Å². The molecule has 1 aliphatic rings. The lowest BCUT2D eigenvalue weighted by Gasteiger charge is -2.44. The molecule has 6 nitrogen and oxygen atoms in total. The Labute approximate surface area is 138 Å². The fraction of sp³-hybridized carbons (Fsp3) is 0.429. The minimum absolute atomic E-state index is 0.305. The van der Waals surface area contributed by atoms with E-state index in [4.69, 9.17) is 0 Å². The molecule has 3 N–H and O–H groups in total. The van der Waals surface area contributed by atoms with Crippen molar-refractivity contribution in [2.75, 3.05) is 0 Å². The number of amides is 2. The lowest BCUT2D eigenvalue weighted by molar-refractivity contribution is -0.290. The van der Waals surface area contributed by atoms with Gasteiger partial charge in [0.25, 0.3) is 0 Å². The SMILES string of the molecule is CC(=O)[C@@H]1[C@@H](c2ccccc2OC(F)F)NC(=O)N[C@]1(O)C(F)(F)F. The predicted molar refractivity (Wildman–Crippen MR) is 72.7 cm³/mol. The molecular formula is C14H13F5N2O4. The van der Waals surface area contributed by atoms with Crippen molar-refractivity contribution in [3.63, 3.8) is 0 Å². The van der Waals surface area contributed by atoms with E-state index in [2.05, 4.69) is 4.74 Å². The largest absolute Gasteiger partial charge is 0.437 e. The van der Waals surface area contributed by atoms with Crippen LogP contribution in [0.5, 0.6) is 5.75 Å². The Morgan fingerprint density at radius 3 is 2.44 bits per heavy atom. The molecule has 0 unspecified atom stereocenters. The molecule has 1 aromatic carbocycles. The zero-order valence-corrected chi connectivity index (χ0v) is 12.6. The zero-order chi connectivity index (χ0) is 19.0. The van der Waals surface area contributed by atoms with Crippen molar-refractivity contribution < 1.29 is 41.4 Å². The highest BCUT2D eigenvalue weighted by Gasteiger charge is 2.65. The predicted octanol–water partition coefficient (Wildman–Crippen LogP) is 2.10. The lowest BCUT2D eigenvalue weighted by atomic mass is 9.79. The molecule has 25 heavy (non-hydrogen) atoms. The maximum absolute atomic E-state index is 13.3. The van der Waals surface area contributed by atoms with Gasteiger partial charge in [0.05, 0.1) is 12.0 Å². The summed E-state index contributed by atoms with van der Waals surface area (Å²) in [5, 5.41) is 13.4. The molecule has 2 rings (SSSR count). The Balaban J connectivity index is 2.59. The van der Waals surface area contributed by atoms with Crippen molar-refractivity contribution in [3.8, 4) is 5.75 Å². The number of ketones is 1. The summed E-state index contributed by atoms with van der Waals surface area (Å²) in [6, 6.07) is 1.57. The molecule has 0 aliphatic carbocycles. The summed E-state index contributed by atoms with van der Waals surface area (Å²) >= 11 is 0. The van der Waals surface area contributed by atoms with Crippen molar-refractivity contribution in [2.45, 2.75) is 31.5 Å². The molecule has 0 radical (unpaired) electrons. The van der Waals surface area contributed by atoms with Crippen LogP contribution in [0.4, 0.5) is 26.7 Å². The smallest absolute Gasteiger partial charge is 0.434 e. The number of hydrogen-bond donors (Lipinski definition) is 3. The molecule has 3 atom stereocenters. The molecular weight excluding hydrogens is 355 g/mol. The van der Waals surface area contributed by atoms with Crippen LogP contribution in [-0.4, -0.2) is 35.4 Å². The van der Waals surface area contributed by atoms with Crippen LogP contribution < -0.4 is 15.4 Å². The monoisotopic (exact) mass is 368 g/mol. The molecule has 1 aromatic rings. The van der Waals surface area contributed by atoms with Crippen LogP contribution in [0.2, 0.25) is 0 Å². The highest BCUT2D eigenvalue weighted by atomic mass is 19.4. The highest BCUT2D eigenvalue weighted by molar-refractivity contribution is 5.86. The molecule has 0 bridgehead atoms. The lowest BCUT2D eigenvalue weighted by Crippen LogP contribution is -2.72. The van der Waals surface area contributed by atoms with Gasteiger partial charge >= 0.3 is 18.8 Å². The highest BCUT2D eigenvalue weighted by Crippen LogP contribution is 2.44. The third-order valence-electron chi connectivity index (χ3n) is 3.71. The zero-order valence-electron chi connectivity index (χ0n) is 12.6. The number of carbonyl (C=O) groups is 2. The van der Waals surface area contributed by atoms with Crippen LogP contribution in [0, 0.1) is 5.92 Å². The van der Waals surface area contributed by atoms with Crippen LogP contribution >= 0.6 is 0 Å². The van der Waals surface area contributed by atoms with Crippen molar-refractivity contribution in [1.82, 2.24) is 10.6 Å². The number of urea groups is 1. The average molecular weight is 368 g/mol. The van der Waals surface area contributed by atoms with E-state index in [-0.39, 0.29) is 5.56 Å². The second-order valence-corrected chi connectivity index (χ2v) is 5.34. The fourth-order valence-electron chi connectivity index (χ4n) is 2.73. The van der Waals surface area contributed by atoms with Gasteiger partial charge in [0, 0.05) is 5.56 Å². The van der Waals surface area contributed by atoms with E-state index in [1.165, 1.54) is 17.4 Å². The van der Waals surface area contributed by atoms with E-state index < -0.39 is 48.0 Å². The number of aliphatic hydroxyl groups is 1. The molecule has 0 aromatic heterocycles. The molecule has 138 valence electrons. The van der Waals surface area contributed by atoms with Crippen LogP contribution in [0.3, 0.4) is 0 Å². The van der Waals surface area contributed by atoms with E-state index in [1.54, 1.807) is 0 Å². The van der Waals surface area contributed by atoms with Gasteiger partial charge in [-0.05, 0) is 13.0 Å². The fourth-order valence-corrected chi connectivity index (χ4v) is 2.73. The number of alkyl halides is 5. The van der Waals surface area contributed by atoms with E-state index >= 15 is 0 Å². The quantitative estimate of drug-likeness (QED) is 0.711. The molecule has 0 spiro atoms. The van der Waals surface area contributed by atoms with Crippen molar-refractivity contribution in [1.29, 1.82) is 0 Å². The molecule has 2 amide bonds. The van der Waals surface area contributed by atoms with Crippen LogP contribution in [0.25, 0.3) is 0 Å². The summed E-state index contributed by atoms with van der Waals surface area (Å²) in [6.45, 7) is -2.50. The normalized spacial score (nSPS) is 26.8. The maximum atomic E-state index is 13.3. The third kappa shape index (κ3) is 3.50. The number of Topliss-reactive ketones (excluding diaryl/α,β-unsaturated/α-hetero) is 1. The third-order valence-corrected chi connectivity index (χ3v) is 3.71. The number of carbonyl (C=O) groups excluding carboxylic acids is 2. The van der Waals surface area contributed by atoms with Gasteiger partial charge in [-0.15, -0.1) is 0 Å². The van der Waals surface area contributed by atoms with Gasteiger partial charge in [-0.2, -0.15) is 22.0 Å². The Bertz CT molecular complexity index is 681. The van der Waals surface area contributed by atoms with E-state index in [0.717, 1.165) is 19.1 Å². The number of para-hydroxylation sites is 1. The Hall–Kier alpha value is -2.43. The Kier molecular flexibility index (Phi) is 4.89. The first-order valence-electron chi connectivity index (χ1n) is 6.89. The first-order chi connectivity index (χ1) is 11.5. The molecule has 1 heterocycles. The van der Waals surface area contributed by atoms with Gasteiger partial charge in [-0.25, -0.2) is 4.79 Å². The van der Waals surface area contributed by atoms with Gasteiger partial charge in [0.1, 0.15) is 11.5 Å². The Morgan fingerprint density at radius 2 is 1.92 bits per heavy atom. The van der Waals surface area contributed by atoms with Crippen LogP contribution in [0.1, 0.15) is 18.5 Å². The van der Waals surface area contributed by atoms with Gasteiger partial charge < -0.3 is 20.5 Å². The van der Waals surface area contributed by atoms with Gasteiger partial charge in [-0.3, -0.25) is 4.79 Å². The summed E-state index contributed by atoms with van der Waals surface area (Å²) in [5.41, 5.74) is -4.18. The van der Waals surface area contributed by atoms with Crippen LogP contribution in [0.15, 0.2) is 24.3 Å². The minimum Gasteiger partial charge on any atom is -0.434 e. The topological polar surface area (TPSA) is 87.7 Å². The second-order valence-electron chi connectivity index (χ2n) is 5.34. The molecule has 0 saturated carbocycles. The minimum atomic E-state index is -5.39. The summed E-state index contributed by atoms with van der Waals surface area (Å²) in [7, 11) is 0. The summed E-state index contributed by atoms with van der Waals surface area (Å²) < 4.78 is 69.2. The molecule has 1 saturated heterocycles. The van der Waals surface area contributed by atoms with Crippen molar-refractivity contribution in [2.24, 2.45) is 5.92 Å². The number of halogens is 5. The summed E-state index contributed by atoms with van der Waals surface area (Å²) in [5.74, 6) is -3.88. The Morgan fingerprint density at radius 1 is 1.32 bits per heavy atom. The summed E-state index contributed by atoms with van der Waals surface area (Å²) in [4.78, 5) is 23.5. The van der Waals surface area contributed by atoms with Gasteiger partial charge in [-0.1, -0.05) is 18.2 Å². The number of benzene rings is 1. The summed E-state index contributed by atoms with van der Waals surface area (Å²) in [6.07, 6.45) is -5.39. The van der Waals surface area contributed by atoms with Crippen molar-refractivity contribution in [3.05, 3.63) is 29.8 Å². The number of ether oxygens (including phenoxy) is 1. The standard InChI is InChI=1S/C14H13F5N2O4/c1-6(22)9-10(7-4-2-3-5-8(7)25-11(15)16)20-12(23)21-13(9,24)14(17,18)19/h2-5,9-11,24H,1H3,(H2,20,21,23)/t9-,10-,13-/m1/s1. The second kappa shape index (κ2) is 6.47. The van der Waals surface area contributed by atoms with Gasteiger partial charge in [0.2, 0.25) is 5.72 Å². The molecule has 11 heteroatoms.